The van der Waals surface area contributed by atoms with Crippen LogP contribution in [0, 0.1) is 0 Å². The van der Waals surface area contributed by atoms with Gasteiger partial charge in [-0.25, -0.2) is 0 Å². The Labute approximate surface area is 98.7 Å². The number of carbonyl (C=O) groups excluding carboxylic acids is 2. The molecule has 1 aromatic carbocycles. The normalized spacial score (nSPS) is 17.3. The molecular formula is C12H12N2O3. The lowest BCUT2D eigenvalue weighted by Gasteiger charge is -2.25. The molecule has 1 heterocycles. The first-order valence-corrected chi connectivity index (χ1v) is 5.27. The van der Waals surface area contributed by atoms with E-state index in [9.17, 15) is 9.59 Å². The van der Waals surface area contributed by atoms with Crippen LogP contribution >= 0.6 is 0 Å². The average molecular weight is 232 g/mol. The van der Waals surface area contributed by atoms with Gasteiger partial charge in [-0.05, 0) is 13.0 Å². The van der Waals surface area contributed by atoms with Crippen LogP contribution in [0.2, 0.25) is 0 Å². The lowest BCUT2D eigenvalue weighted by molar-refractivity contribution is -0.121. The number of imide groups is 1. The van der Waals surface area contributed by atoms with Gasteiger partial charge in [0.1, 0.15) is 7.11 Å². The molecule has 2 rings (SSSR count). The number of nitrogens with zero attached hydrogens (tertiary/aromatic N) is 2. The van der Waals surface area contributed by atoms with Crippen molar-refractivity contribution >= 4 is 17.5 Å². The van der Waals surface area contributed by atoms with Crippen LogP contribution in [-0.4, -0.2) is 36.1 Å². The van der Waals surface area contributed by atoms with Gasteiger partial charge >= 0.3 is 0 Å². The van der Waals surface area contributed by atoms with Gasteiger partial charge in [0.05, 0.1) is 0 Å². The summed E-state index contributed by atoms with van der Waals surface area (Å²) >= 11 is 0. The monoisotopic (exact) mass is 232 g/mol. The third kappa shape index (κ3) is 1.69. The number of benzene rings is 1. The van der Waals surface area contributed by atoms with Crippen LogP contribution in [0.25, 0.3) is 0 Å². The van der Waals surface area contributed by atoms with Crippen LogP contribution in [-0.2, 0) is 9.63 Å². The number of carbonyl (C=O) groups is 2. The zero-order chi connectivity index (χ0) is 12.4. The van der Waals surface area contributed by atoms with E-state index >= 15 is 0 Å². The highest BCUT2D eigenvalue weighted by Crippen LogP contribution is 2.20. The fourth-order valence-electron chi connectivity index (χ4n) is 1.82. The molecule has 0 unspecified atom stereocenters. The molecule has 1 aliphatic heterocycles. The van der Waals surface area contributed by atoms with Crippen molar-refractivity contribution in [2.75, 3.05) is 13.7 Å². The van der Waals surface area contributed by atoms with E-state index < -0.39 is 5.91 Å². The zero-order valence-electron chi connectivity index (χ0n) is 9.64. The van der Waals surface area contributed by atoms with Gasteiger partial charge in [-0.3, -0.25) is 14.5 Å². The van der Waals surface area contributed by atoms with E-state index in [0.29, 0.717) is 17.7 Å². The number of amides is 2. The van der Waals surface area contributed by atoms with Crippen molar-refractivity contribution in [1.29, 1.82) is 0 Å². The standard InChI is InChI=1S/C12H12N2O3/c1-3-14-11(15)9-7-5-4-6-8(9)10(12(14)16)13-17-2/h4-7H,3H2,1-2H3/b13-10+. The summed E-state index contributed by atoms with van der Waals surface area (Å²) in [4.78, 5) is 29.9. The summed E-state index contributed by atoms with van der Waals surface area (Å²) in [6.07, 6.45) is 0. The highest BCUT2D eigenvalue weighted by Gasteiger charge is 2.35. The van der Waals surface area contributed by atoms with Crippen molar-refractivity contribution in [3.63, 3.8) is 0 Å². The molecule has 0 N–H and O–H groups in total. The Hall–Kier alpha value is -2.17. The molecule has 0 bridgehead atoms. The van der Waals surface area contributed by atoms with Crippen LogP contribution in [0.4, 0.5) is 0 Å². The summed E-state index contributed by atoms with van der Waals surface area (Å²) in [5, 5.41) is 3.71. The summed E-state index contributed by atoms with van der Waals surface area (Å²) in [5.41, 5.74) is 1.17. The van der Waals surface area contributed by atoms with Crippen molar-refractivity contribution in [2.45, 2.75) is 6.92 Å². The largest absolute Gasteiger partial charge is 0.398 e. The van der Waals surface area contributed by atoms with Gasteiger partial charge in [0.25, 0.3) is 11.8 Å². The van der Waals surface area contributed by atoms with E-state index in [4.69, 9.17) is 0 Å². The molecule has 5 heteroatoms. The van der Waals surface area contributed by atoms with Crippen LogP contribution < -0.4 is 0 Å². The number of oxime groups is 1. The minimum atomic E-state index is -0.418. The molecule has 0 spiro atoms. The first kappa shape index (κ1) is 11.3. The Bertz CT molecular complexity index is 508. The Kier molecular flexibility index (Phi) is 2.91. The lowest BCUT2D eigenvalue weighted by atomic mass is 9.97. The van der Waals surface area contributed by atoms with Crippen molar-refractivity contribution in [2.24, 2.45) is 5.16 Å². The van der Waals surface area contributed by atoms with Gasteiger partial charge in [0, 0.05) is 17.7 Å². The number of hydrogen-bond acceptors (Lipinski definition) is 4. The summed E-state index contributed by atoms with van der Waals surface area (Å²) in [5.74, 6) is -0.707. The van der Waals surface area contributed by atoms with Crippen molar-refractivity contribution < 1.29 is 14.4 Å². The molecule has 88 valence electrons. The quantitative estimate of drug-likeness (QED) is 0.565. The molecular weight excluding hydrogens is 220 g/mol. The highest BCUT2D eigenvalue weighted by atomic mass is 16.6. The molecule has 2 amide bonds. The Morgan fingerprint density at radius 2 is 1.82 bits per heavy atom. The van der Waals surface area contributed by atoms with Crippen molar-refractivity contribution in [3.05, 3.63) is 35.4 Å². The molecule has 1 aliphatic rings. The van der Waals surface area contributed by atoms with Gasteiger partial charge in [0.2, 0.25) is 0 Å². The molecule has 1 aromatic rings. The van der Waals surface area contributed by atoms with E-state index in [0.717, 1.165) is 4.90 Å². The van der Waals surface area contributed by atoms with E-state index in [-0.39, 0.29) is 11.6 Å². The second kappa shape index (κ2) is 4.37. The number of rotatable bonds is 2. The van der Waals surface area contributed by atoms with Crippen LogP contribution in [0.15, 0.2) is 29.4 Å². The van der Waals surface area contributed by atoms with Crippen molar-refractivity contribution in [1.82, 2.24) is 4.90 Å². The van der Waals surface area contributed by atoms with Crippen LogP contribution in [0.5, 0.6) is 0 Å². The third-order valence-electron chi connectivity index (χ3n) is 2.60. The lowest BCUT2D eigenvalue weighted by Crippen LogP contribution is -2.46. The minimum Gasteiger partial charge on any atom is -0.398 e. The van der Waals surface area contributed by atoms with Crippen LogP contribution in [0.3, 0.4) is 0 Å². The first-order valence-electron chi connectivity index (χ1n) is 5.27. The SMILES string of the molecule is CCN1C(=O)/C(=N/OC)c2ccccc2C1=O. The summed E-state index contributed by atoms with van der Waals surface area (Å²) in [6.45, 7) is 2.06. The van der Waals surface area contributed by atoms with E-state index in [1.165, 1.54) is 7.11 Å². The molecule has 0 radical (unpaired) electrons. The Morgan fingerprint density at radius 1 is 1.18 bits per heavy atom. The van der Waals surface area contributed by atoms with Gasteiger partial charge in [0.15, 0.2) is 5.71 Å². The number of fused-ring (bicyclic) bond motifs is 1. The fourth-order valence-corrected chi connectivity index (χ4v) is 1.82. The maximum atomic E-state index is 12.0. The predicted molar refractivity (Wildman–Crippen MR) is 61.7 cm³/mol. The second-order valence-electron chi connectivity index (χ2n) is 3.52. The van der Waals surface area contributed by atoms with Gasteiger partial charge in [-0.15, -0.1) is 0 Å². The second-order valence-corrected chi connectivity index (χ2v) is 3.52. The Morgan fingerprint density at radius 3 is 2.41 bits per heavy atom. The smallest absolute Gasteiger partial charge is 0.283 e. The Balaban J connectivity index is 2.63. The average Bonchev–Trinajstić information content (AvgIpc) is 2.35. The molecule has 0 saturated carbocycles. The topological polar surface area (TPSA) is 59.0 Å². The molecule has 17 heavy (non-hydrogen) atoms. The minimum absolute atomic E-state index is 0.171. The summed E-state index contributed by atoms with van der Waals surface area (Å²) in [7, 11) is 1.37. The summed E-state index contributed by atoms with van der Waals surface area (Å²) < 4.78 is 0. The maximum absolute atomic E-state index is 12.0. The van der Waals surface area contributed by atoms with Crippen molar-refractivity contribution in [3.8, 4) is 0 Å². The van der Waals surface area contributed by atoms with E-state index in [2.05, 4.69) is 9.99 Å². The molecule has 0 aliphatic carbocycles. The molecule has 0 atom stereocenters. The molecule has 0 fully saturated rings. The van der Waals surface area contributed by atoms with Crippen LogP contribution in [0.1, 0.15) is 22.8 Å². The summed E-state index contributed by atoms with van der Waals surface area (Å²) in [6, 6.07) is 6.88. The van der Waals surface area contributed by atoms with Gasteiger partial charge in [-0.2, -0.15) is 0 Å². The fraction of sp³-hybridized carbons (Fsp3) is 0.250. The van der Waals surface area contributed by atoms with Gasteiger partial charge in [-0.1, -0.05) is 23.4 Å². The van der Waals surface area contributed by atoms with E-state index in [1.54, 1.807) is 31.2 Å². The van der Waals surface area contributed by atoms with E-state index in [1.807, 2.05) is 0 Å². The highest BCUT2D eigenvalue weighted by molar-refractivity contribution is 6.51. The van der Waals surface area contributed by atoms with Gasteiger partial charge < -0.3 is 4.84 Å². The molecule has 0 aromatic heterocycles. The number of hydrogen-bond donors (Lipinski definition) is 0. The maximum Gasteiger partial charge on any atom is 0.283 e. The first-order chi connectivity index (χ1) is 8.20. The zero-order valence-corrected chi connectivity index (χ0v) is 9.64. The molecule has 5 nitrogen and oxygen atoms in total. The third-order valence-corrected chi connectivity index (χ3v) is 2.60. The number of likely N-dealkylation sites (N-methyl/N-ethyl adjacent to an activating group) is 1. The predicted octanol–water partition coefficient (Wildman–Crippen LogP) is 1.04. The molecule has 0 saturated heterocycles.